The summed E-state index contributed by atoms with van der Waals surface area (Å²) in [6.45, 7) is 6.87. The van der Waals surface area contributed by atoms with Crippen molar-refractivity contribution in [2.75, 3.05) is 48.9 Å². The van der Waals surface area contributed by atoms with Crippen LogP contribution in [-0.2, 0) is 10.0 Å². The van der Waals surface area contributed by atoms with Crippen LogP contribution in [0.15, 0.2) is 77.7 Å². The molecule has 0 bridgehead atoms. The van der Waals surface area contributed by atoms with E-state index in [0.717, 1.165) is 48.9 Å². The van der Waals surface area contributed by atoms with Gasteiger partial charge in [0.15, 0.2) is 5.13 Å². The molecule has 1 saturated heterocycles. The predicted octanol–water partition coefficient (Wildman–Crippen LogP) is 4.38. The van der Waals surface area contributed by atoms with Gasteiger partial charge in [-0.05, 0) is 55.5 Å². The molecule has 0 aliphatic carbocycles. The molecule has 0 spiro atoms. The number of benzene rings is 3. The topological polar surface area (TPSA) is 94.6 Å². The normalized spacial score (nSPS) is 14.2. The Kier molecular flexibility index (Phi) is 8.88. The van der Waals surface area contributed by atoms with E-state index in [-0.39, 0.29) is 23.2 Å². The molecule has 0 saturated carbocycles. The first-order chi connectivity index (χ1) is 17.9. The van der Waals surface area contributed by atoms with E-state index >= 15 is 0 Å². The lowest BCUT2D eigenvalue weighted by atomic mass is 10.2. The Morgan fingerprint density at radius 2 is 1.63 bits per heavy atom. The van der Waals surface area contributed by atoms with Crippen LogP contribution in [0.4, 0.5) is 10.8 Å². The minimum Gasteiger partial charge on any atom is -0.351 e. The molecule has 1 fully saturated rings. The van der Waals surface area contributed by atoms with Gasteiger partial charge in [0.25, 0.3) is 15.9 Å². The number of fused-ring (bicyclic) bond motifs is 1. The van der Waals surface area contributed by atoms with Crippen molar-refractivity contribution < 1.29 is 13.2 Å². The van der Waals surface area contributed by atoms with E-state index in [1.54, 1.807) is 59.9 Å². The van der Waals surface area contributed by atoms with Crippen molar-refractivity contribution in [3.63, 3.8) is 0 Å². The van der Waals surface area contributed by atoms with Crippen LogP contribution in [-0.4, -0.2) is 63.5 Å². The maximum Gasteiger partial charge on any atom is 0.261 e. The van der Waals surface area contributed by atoms with Crippen LogP contribution in [0.2, 0.25) is 0 Å². The van der Waals surface area contributed by atoms with E-state index in [4.69, 9.17) is 4.98 Å². The average Bonchev–Trinajstić information content (AvgIpc) is 3.34. The minimum atomic E-state index is -3.68. The number of nitrogens with one attached hydrogen (secondary N) is 2. The van der Waals surface area contributed by atoms with Crippen molar-refractivity contribution in [3.05, 3.63) is 83.9 Å². The molecule has 1 aliphatic heterocycles. The van der Waals surface area contributed by atoms with Gasteiger partial charge in [0, 0.05) is 50.5 Å². The monoisotopic (exact) mass is 571 g/mol. The summed E-state index contributed by atoms with van der Waals surface area (Å²) in [7, 11) is -3.68. The molecular formula is C27H30ClN5O3S2. The van der Waals surface area contributed by atoms with Crippen LogP contribution in [0.25, 0.3) is 10.2 Å². The van der Waals surface area contributed by atoms with E-state index in [1.807, 2.05) is 25.1 Å². The third-order valence-corrected chi connectivity index (χ3v) is 8.86. The molecule has 1 aliphatic rings. The standard InChI is InChI=1S/C27H29N5O3S2.ClH/c1-20-6-12-23(13-7-20)37(34,35)30-22-10-8-21(9-11-22)26(33)28-14-15-31-16-18-32(19-17-31)27-29-24-4-2-3-5-25(24)36-27;/h2-13,30H,14-19H2,1H3,(H,28,33);1H. The first kappa shape index (κ1) is 27.8. The number of hydrogen-bond donors (Lipinski definition) is 2. The number of sulfonamides is 1. The highest BCUT2D eigenvalue weighted by atomic mass is 35.5. The van der Waals surface area contributed by atoms with E-state index < -0.39 is 10.0 Å². The fraction of sp³-hybridized carbons (Fsp3) is 0.259. The van der Waals surface area contributed by atoms with Crippen molar-refractivity contribution in [2.24, 2.45) is 0 Å². The van der Waals surface area contributed by atoms with Gasteiger partial charge < -0.3 is 10.2 Å². The van der Waals surface area contributed by atoms with Crippen LogP contribution in [0, 0.1) is 6.92 Å². The van der Waals surface area contributed by atoms with E-state index in [1.165, 1.54) is 4.70 Å². The lowest BCUT2D eigenvalue weighted by Crippen LogP contribution is -2.48. The van der Waals surface area contributed by atoms with Crippen LogP contribution in [0.3, 0.4) is 0 Å². The molecule has 4 aromatic rings. The Labute approximate surface area is 233 Å². The van der Waals surface area contributed by atoms with Crippen molar-refractivity contribution in [1.82, 2.24) is 15.2 Å². The highest BCUT2D eigenvalue weighted by molar-refractivity contribution is 7.92. The number of halogens is 1. The van der Waals surface area contributed by atoms with E-state index in [9.17, 15) is 13.2 Å². The summed E-state index contributed by atoms with van der Waals surface area (Å²) >= 11 is 1.73. The summed E-state index contributed by atoms with van der Waals surface area (Å²) in [5.74, 6) is -0.180. The quantitative estimate of drug-likeness (QED) is 0.326. The molecule has 0 unspecified atom stereocenters. The molecule has 1 aromatic heterocycles. The van der Waals surface area contributed by atoms with Gasteiger partial charge in [0.2, 0.25) is 0 Å². The van der Waals surface area contributed by atoms with E-state index in [0.29, 0.717) is 17.8 Å². The van der Waals surface area contributed by atoms with Gasteiger partial charge in [0.1, 0.15) is 0 Å². The molecule has 1 amide bonds. The highest BCUT2D eigenvalue weighted by Gasteiger charge is 2.20. The van der Waals surface area contributed by atoms with Gasteiger partial charge >= 0.3 is 0 Å². The van der Waals surface area contributed by atoms with Crippen molar-refractivity contribution in [2.45, 2.75) is 11.8 Å². The number of nitrogens with zero attached hydrogens (tertiary/aromatic N) is 3. The fourth-order valence-corrected chi connectivity index (χ4v) is 6.28. The molecule has 2 N–H and O–H groups in total. The second-order valence-electron chi connectivity index (χ2n) is 9.04. The number of carbonyl (C=O) groups is 1. The summed E-state index contributed by atoms with van der Waals surface area (Å²) in [6, 6.07) is 21.3. The number of carbonyl (C=O) groups excluding carboxylic acids is 1. The van der Waals surface area contributed by atoms with Crippen LogP contribution in [0.5, 0.6) is 0 Å². The van der Waals surface area contributed by atoms with E-state index in [2.05, 4.69) is 25.9 Å². The molecule has 5 rings (SSSR count). The number of hydrogen-bond acceptors (Lipinski definition) is 7. The second-order valence-corrected chi connectivity index (χ2v) is 11.7. The van der Waals surface area contributed by atoms with Crippen LogP contribution < -0.4 is 14.9 Å². The van der Waals surface area contributed by atoms with Gasteiger partial charge in [-0.1, -0.05) is 41.2 Å². The first-order valence-corrected chi connectivity index (χ1v) is 14.5. The van der Waals surface area contributed by atoms with Crippen molar-refractivity contribution >= 4 is 60.7 Å². The lowest BCUT2D eigenvalue weighted by Gasteiger charge is -2.34. The third kappa shape index (κ3) is 6.63. The first-order valence-electron chi connectivity index (χ1n) is 12.2. The maximum atomic E-state index is 12.6. The number of aromatic nitrogens is 1. The van der Waals surface area contributed by atoms with Gasteiger partial charge in [-0.3, -0.25) is 14.4 Å². The Bertz CT molecular complexity index is 1450. The predicted molar refractivity (Wildman–Crippen MR) is 156 cm³/mol. The highest BCUT2D eigenvalue weighted by Crippen LogP contribution is 2.29. The fourth-order valence-electron chi connectivity index (χ4n) is 4.21. The Balaban J connectivity index is 0.00000336. The molecule has 0 atom stereocenters. The Morgan fingerprint density at radius 1 is 0.947 bits per heavy atom. The molecule has 38 heavy (non-hydrogen) atoms. The van der Waals surface area contributed by atoms with Gasteiger partial charge in [0.05, 0.1) is 15.1 Å². The zero-order valence-corrected chi connectivity index (χ0v) is 23.4. The van der Waals surface area contributed by atoms with Gasteiger partial charge in [-0.2, -0.15) is 0 Å². The largest absolute Gasteiger partial charge is 0.351 e. The summed E-state index contributed by atoms with van der Waals surface area (Å²) in [5.41, 5.74) is 2.92. The number of amides is 1. The Hall–Kier alpha value is -3.18. The number of piperazine rings is 1. The number of para-hydroxylation sites is 1. The van der Waals surface area contributed by atoms with Crippen LogP contribution in [0.1, 0.15) is 15.9 Å². The second kappa shape index (κ2) is 12.1. The van der Waals surface area contributed by atoms with Crippen LogP contribution >= 0.6 is 23.7 Å². The SMILES string of the molecule is Cc1ccc(S(=O)(=O)Nc2ccc(C(=O)NCCN3CCN(c4nc5ccccc5s4)CC3)cc2)cc1.Cl. The van der Waals surface area contributed by atoms with Gasteiger partial charge in [-0.25, -0.2) is 13.4 Å². The summed E-state index contributed by atoms with van der Waals surface area (Å²) in [5, 5.41) is 4.03. The number of anilines is 2. The molecule has 200 valence electrons. The Morgan fingerprint density at radius 3 is 2.32 bits per heavy atom. The molecule has 3 aromatic carbocycles. The van der Waals surface area contributed by atoms with Crippen molar-refractivity contribution in [1.29, 1.82) is 0 Å². The average molecular weight is 572 g/mol. The zero-order valence-electron chi connectivity index (χ0n) is 21.0. The molecular weight excluding hydrogens is 542 g/mol. The van der Waals surface area contributed by atoms with Gasteiger partial charge in [-0.15, -0.1) is 12.4 Å². The lowest BCUT2D eigenvalue weighted by molar-refractivity contribution is 0.0948. The number of thiazole rings is 1. The minimum absolute atomic E-state index is 0. The summed E-state index contributed by atoms with van der Waals surface area (Å²) < 4.78 is 28.9. The third-order valence-electron chi connectivity index (χ3n) is 6.37. The molecule has 2 heterocycles. The summed E-state index contributed by atoms with van der Waals surface area (Å²) in [4.78, 5) is 22.2. The number of rotatable bonds is 8. The smallest absolute Gasteiger partial charge is 0.261 e. The number of aryl methyl sites for hydroxylation is 1. The maximum absolute atomic E-state index is 12.6. The molecule has 8 nitrogen and oxygen atoms in total. The molecule has 11 heteroatoms. The molecule has 0 radical (unpaired) electrons. The van der Waals surface area contributed by atoms with Crippen molar-refractivity contribution in [3.8, 4) is 0 Å². The zero-order chi connectivity index (χ0) is 25.8. The summed E-state index contributed by atoms with van der Waals surface area (Å²) in [6.07, 6.45) is 0.